The lowest BCUT2D eigenvalue weighted by Gasteiger charge is -2.21. The van der Waals surface area contributed by atoms with E-state index in [0.29, 0.717) is 19.3 Å². The molecule has 0 heterocycles. The Kier molecular flexibility index (Phi) is 75.1. The number of aliphatic hydroxyl groups is 2. The topological polar surface area (TPSA) is 231 Å². The van der Waals surface area contributed by atoms with Gasteiger partial charge in [0.25, 0.3) is 0 Å². The summed E-state index contributed by atoms with van der Waals surface area (Å²) in [7, 11) is -9.80. The van der Waals surface area contributed by atoms with Crippen LogP contribution < -0.4 is 0 Å². The Morgan fingerprint density at radius 3 is 0.800 bits per heavy atom. The third kappa shape index (κ3) is 80.0. The number of hydrogen-bond donors (Lipinski definition) is 4. The molecule has 5 atom stereocenters. The van der Waals surface area contributed by atoms with E-state index in [9.17, 15) is 43.5 Å². The molecule has 600 valence electrons. The minimum absolute atomic E-state index is 0.0843. The second-order valence-corrected chi connectivity index (χ2v) is 29.7. The Balaban J connectivity index is 4.51. The van der Waals surface area contributed by atoms with E-state index in [0.717, 1.165) is 186 Å². The number of aliphatic hydroxyl groups excluding tert-OH is 2. The summed E-state index contributed by atoms with van der Waals surface area (Å²) in [5.74, 6) is -1.60. The molecular weight excluding hydrogens is 1360 g/mol. The highest BCUT2D eigenvalue weighted by molar-refractivity contribution is 7.47. The van der Waals surface area contributed by atoms with Gasteiger partial charge in [-0.1, -0.05) is 314 Å². The summed E-state index contributed by atoms with van der Waals surface area (Å²) in [4.78, 5) is 58.7. The molecule has 0 aromatic rings. The number of allylic oxidation sites excluding steroid dienone is 26. The highest BCUT2D eigenvalue weighted by atomic mass is 31.2. The first kappa shape index (κ1) is 100. The van der Waals surface area contributed by atoms with Crippen LogP contribution in [0.1, 0.15) is 316 Å². The summed E-state index contributed by atoms with van der Waals surface area (Å²) in [6, 6.07) is 0. The van der Waals surface area contributed by atoms with Gasteiger partial charge >= 0.3 is 33.6 Å². The molecule has 5 unspecified atom stereocenters. The Hall–Kier alpha value is -4.83. The summed E-state index contributed by atoms with van der Waals surface area (Å²) >= 11 is 0. The summed E-state index contributed by atoms with van der Waals surface area (Å²) < 4.78 is 61.2. The van der Waals surface area contributed by atoms with E-state index in [2.05, 4.69) is 179 Å². The van der Waals surface area contributed by atoms with Crippen molar-refractivity contribution < 1.29 is 75.8 Å². The van der Waals surface area contributed by atoms with Crippen LogP contribution in [0.4, 0.5) is 0 Å². The van der Waals surface area contributed by atoms with Crippen LogP contribution in [0.5, 0.6) is 0 Å². The van der Waals surface area contributed by atoms with Gasteiger partial charge in [-0.05, 0) is 141 Å². The predicted molar refractivity (Wildman–Crippen MR) is 435 cm³/mol. The van der Waals surface area contributed by atoms with E-state index in [1.165, 1.54) is 70.6 Å². The molecule has 0 aliphatic carbocycles. The van der Waals surface area contributed by atoms with E-state index >= 15 is 0 Å². The van der Waals surface area contributed by atoms with Gasteiger partial charge in [0.05, 0.1) is 26.4 Å². The van der Waals surface area contributed by atoms with Crippen LogP contribution in [0.2, 0.25) is 0 Å². The lowest BCUT2D eigenvalue weighted by molar-refractivity contribution is -0.161. The lowest BCUT2D eigenvalue weighted by atomic mass is 10.0. The molecule has 18 heteroatoms. The van der Waals surface area contributed by atoms with Crippen molar-refractivity contribution in [3.8, 4) is 0 Å². The number of phosphoric acid groups is 2. The van der Waals surface area contributed by atoms with Gasteiger partial charge in [0.1, 0.15) is 25.4 Å². The van der Waals surface area contributed by atoms with Crippen LogP contribution >= 0.6 is 15.6 Å². The van der Waals surface area contributed by atoms with Gasteiger partial charge in [-0.3, -0.25) is 32.5 Å². The van der Waals surface area contributed by atoms with Gasteiger partial charge in [0.15, 0.2) is 6.10 Å². The average molecular weight is 1510 g/mol. The van der Waals surface area contributed by atoms with E-state index in [-0.39, 0.29) is 19.3 Å². The minimum Gasteiger partial charge on any atom is -0.463 e. The molecule has 0 aromatic carbocycles. The maximum atomic E-state index is 13.0. The average Bonchev–Trinajstić information content (AvgIpc) is 0.912. The second-order valence-electron chi connectivity index (χ2n) is 26.8. The quantitative estimate of drug-likeness (QED) is 0.0146. The lowest BCUT2D eigenvalue weighted by Crippen LogP contribution is -2.30. The summed E-state index contributed by atoms with van der Waals surface area (Å²) in [6.07, 6.45) is 98.7. The van der Waals surface area contributed by atoms with Crippen molar-refractivity contribution in [1.82, 2.24) is 0 Å². The van der Waals surface area contributed by atoms with Crippen LogP contribution in [0.15, 0.2) is 158 Å². The van der Waals surface area contributed by atoms with Crippen molar-refractivity contribution in [3.05, 3.63) is 158 Å². The molecule has 105 heavy (non-hydrogen) atoms. The first-order valence-electron chi connectivity index (χ1n) is 40.8. The van der Waals surface area contributed by atoms with Gasteiger partial charge < -0.3 is 34.2 Å². The second kappa shape index (κ2) is 78.7. The number of carbonyl (C=O) groups is 3. The van der Waals surface area contributed by atoms with E-state index in [1.54, 1.807) is 0 Å². The van der Waals surface area contributed by atoms with E-state index in [1.807, 2.05) is 0 Å². The molecule has 0 amide bonds. The number of unbranched alkanes of at least 4 members (excludes halogenated alkanes) is 27. The van der Waals surface area contributed by atoms with Gasteiger partial charge in [0, 0.05) is 19.3 Å². The monoisotopic (exact) mass is 1510 g/mol. The van der Waals surface area contributed by atoms with Crippen molar-refractivity contribution in [3.63, 3.8) is 0 Å². The SMILES string of the molecule is CC/C=C\C/C=C\C/C=C\C/C=C\C/C=C\C/C=C\CCCCCCCCCCCCC(=O)OCC(O)COP(=O)(O)OCC(O)COP(=O)(O)OCC(COC(=O)CCCCCCCCCCCCC/C=C\C/C=C\C/C=C\C/C=C\C/C=C\CC)OC(=O)CCCCCCC/C=C\C/C=C\CCC. The molecule has 0 spiro atoms. The zero-order valence-electron chi connectivity index (χ0n) is 65.6. The molecule has 0 radical (unpaired) electrons. The molecule has 0 fully saturated rings. The molecule has 0 saturated heterocycles. The third-order valence-corrected chi connectivity index (χ3v) is 18.6. The van der Waals surface area contributed by atoms with Crippen molar-refractivity contribution in [2.45, 2.75) is 334 Å². The van der Waals surface area contributed by atoms with E-state index in [4.69, 9.17) is 32.3 Å². The highest BCUT2D eigenvalue weighted by Gasteiger charge is 2.29. The molecule has 16 nitrogen and oxygen atoms in total. The van der Waals surface area contributed by atoms with Crippen LogP contribution in [-0.2, 0) is 55.8 Å². The minimum atomic E-state index is -4.94. The van der Waals surface area contributed by atoms with Crippen molar-refractivity contribution in [2.75, 3.05) is 39.6 Å². The molecule has 0 aliphatic rings. The molecule has 0 rings (SSSR count). The zero-order valence-corrected chi connectivity index (χ0v) is 67.4. The molecule has 0 saturated carbocycles. The predicted octanol–water partition coefficient (Wildman–Crippen LogP) is 24.2. The Labute approximate surface area is 638 Å². The van der Waals surface area contributed by atoms with Crippen molar-refractivity contribution in [1.29, 1.82) is 0 Å². The molecule has 0 aliphatic heterocycles. The van der Waals surface area contributed by atoms with Crippen LogP contribution in [-0.4, -0.2) is 95.9 Å². The Morgan fingerprint density at radius 1 is 0.276 bits per heavy atom. The van der Waals surface area contributed by atoms with E-state index < -0.39 is 91.5 Å². The molecular formula is C87H146O16P2. The van der Waals surface area contributed by atoms with Gasteiger partial charge in [-0.15, -0.1) is 0 Å². The normalized spacial score (nSPS) is 14.8. The number of rotatable bonds is 76. The molecule has 0 bridgehead atoms. The standard InChI is InChI=1S/C87H146O16P2/c1-4-7-10-13-16-19-22-25-27-29-31-33-35-37-39-40-42-44-45-47-49-51-53-56-58-61-64-67-70-73-85(90)97-76-82(88)77-99-104(93,94)100-78-83(89)79-101-105(95,96)102-81-84(103-87(92)75-72-69-66-63-60-55-24-21-18-15-12-9-6-3)80-98-86(91)74-71-68-65-62-59-57-54-52-50-48-46-43-41-38-36-34-32-30-28-26-23-20-17-14-11-8-5-2/h7-8,10-12,15-17,19-21,24-28,31-34,37-39,41-42,44,82-84,88-89H,4-6,9,13-14,18,22-23,29-30,35-36,40,43,45-81H2,1-3H3,(H,93,94)(H,95,96)/b10-7-,11-8-,15-12-,19-16-,20-17-,24-21-,27-25-,28-26-,33-31-,34-32-,39-37-,41-38-,44-42-. The summed E-state index contributed by atoms with van der Waals surface area (Å²) in [5, 5.41) is 20.6. The first-order chi connectivity index (χ1) is 51.2. The summed E-state index contributed by atoms with van der Waals surface area (Å²) in [6.45, 7) is 2.37. The number of esters is 3. The van der Waals surface area contributed by atoms with Crippen molar-refractivity contribution in [2.24, 2.45) is 0 Å². The van der Waals surface area contributed by atoms with Crippen molar-refractivity contribution >= 4 is 33.6 Å². The fourth-order valence-corrected chi connectivity index (χ4v) is 12.2. The maximum absolute atomic E-state index is 13.0. The molecule has 0 aromatic heterocycles. The number of hydrogen-bond acceptors (Lipinski definition) is 14. The molecule has 4 N–H and O–H groups in total. The van der Waals surface area contributed by atoms with Gasteiger partial charge in [-0.25, -0.2) is 9.13 Å². The fraction of sp³-hybridized carbons (Fsp3) is 0.667. The van der Waals surface area contributed by atoms with Gasteiger partial charge in [0.2, 0.25) is 0 Å². The third-order valence-electron chi connectivity index (χ3n) is 16.7. The Morgan fingerprint density at radius 2 is 0.505 bits per heavy atom. The van der Waals surface area contributed by atoms with Crippen LogP contribution in [0.25, 0.3) is 0 Å². The largest absolute Gasteiger partial charge is 0.472 e. The summed E-state index contributed by atoms with van der Waals surface area (Å²) in [5.41, 5.74) is 0. The van der Waals surface area contributed by atoms with Gasteiger partial charge in [-0.2, -0.15) is 0 Å². The smallest absolute Gasteiger partial charge is 0.463 e. The Bertz CT molecular complexity index is 2540. The fourth-order valence-electron chi connectivity index (χ4n) is 10.6. The first-order valence-corrected chi connectivity index (χ1v) is 43.8. The number of phosphoric ester groups is 2. The van der Waals surface area contributed by atoms with Crippen LogP contribution in [0, 0.1) is 0 Å². The zero-order chi connectivity index (χ0) is 76.6. The van der Waals surface area contributed by atoms with Crippen LogP contribution in [0.3, 0.4) is 0 Å². The maximum Gasteiger partial charge on any atom is 0.472 e. The number of ether oxygens (including phenoxy) is 3. The highest BCUT2D eigenvalue weighted by Crippen LogP contribution is 2.45. The number of carbonyl (C=O) groups excluding carboxylic acids is 3.